The van der Waals surface area contributed by atoms with Gasteiger partial charge in [-0.25, -0.2) is 4.98 Å². The van der Waals surface area contributed by atoms with Crippen molar-refractivity contribution in [1.29, 1.82) is 0 Å². The molecule has 188 valence electrons. The maximum atomic E-state index is 12.5. The Morgan fingerprint density at radius 2 is 1.86 bits per heavy atom. The van der Waals surface area contributed by atoms with Crippen LogP contribution in [0.1, 0.15) is 43.0 Å². The molecular formula is C26H29F3N2O4. The number of carboxylic acid groups (broad SMARTS) is 1. The number of halogens is 3. The quantitative estimate of drug-likeness (QED) is 0.316. The lowest BCUT2D eigenvalue weighted by atomic mass is 10.0. The van der Waals surface area contributed by atoms with Gasteiger partial charge >= 0.3 is 12.3 Å². The highest BCUT2D eigenvalue weighted by molar-refractivity contribution is 5.66. The van der Waals surface area contributed by atoms with Crippen LogP contribution in [0.2, 0.25) is 0 Å². The first-order chi connectivity index (χ1) is 16.5. The monoisotopic (exact) mass is 490 g/mol. The Morgan fingerprint density at radius 3 is 2.51 bits per heavy atom. The average molecular weight is 491 g/mol. The van der Waals surface area contributed by atoms with E-state index >= 15 is 0 Å². The minimum absolute atomic E-state index is 0.0812. The number of nitrogens with zero attached hydrogens (tertiary/aromatic N) is 2. The third-order valence-corrected chi connectivity index (χ3v) is 5.57. The number of hydrogen-bond acceptors (Lipinski definition) is 4. The van der Waals surface area contributed by atoms with E-state index in [9.17, 15) is 18.0 Å². The molecule has 0 spiro atoms. The van der Waals surface area contributed by atoms with Crippen LogP contribution in [0.15, 0.2) is 48.7 Å². The van der Waals surface area contributed by atoms with Crippen LogP contribution < -0.4 is 9.47 Å². The summed E-state index contributed by atoms with van der Waals surface area (Å²) >= 11 is 0. The summed E-state index contributed by atoms with van der Waals surface area (Å²) in [6.07, 6.45) is -1.39. The summed E-state index contributed by atoms with van der Waals surface area (Å²) in [6, 6.07) is 11.5. The molecule has 1 atom stereocenters. The lowest BCUT2D eigenvalue weighted by Gasteiger charge is -2.16. The van der Waals surface area contributed by atoms with E-state index < -0.39 is 12.3 Å². The van der Waals surface area contributed by atoms with Crippen molar-refractivity contribution in [2.75, 3.05) is 6.61 Å². The Balaban J connectivity index is 1.74. The van der Waals surface area contributed by atoms with Gasteiger partial charge in [-0.2, -0.15) is 0 Å². The molecule has 1 N–H and O–H groups in total. The number of benzene rings is 2. The van der Waals surface area contributed by atoms with Crippen molar-refractivity contribution >= 4 is 5.97 Å². The molecule has 0 aliphatic rings. The molecule has 0 aliphatic carbocycles. The minimum Gasteiger partial charge on any atom is -0.493 e. The summed E-state index contributed by atoms with van der Waals surface area (Å²) in [6.45, 7) is 6.75. The van der Waals surface area contributed by atoms with Gasteiger partial charge < -0.3 is 19.1 Å². The third kappa shape index (κ3) is 7.77. The first-order valence-electron chi connectivity index (χ1n) is 11.3. The van der Waals surface area contributed by atoms with Gasteiger partial charge in [0.15, 0.2) is 0 Å². The third-order valence-electron chi connectivity index (χ3n) is 5.57. The van der Waals surface area contributed by atoms with E-state index in [1.165, 1.54) is 12.1 Å². The number of ether oxygens (including phenoxy) is 2. The van der Waals surface area contributed by atoms with Gasteiger partial charge in [-0.3, -0.25) is 4.79 Å². The summed E-state index contributed by atoms with van der Waals surface area (Å²) in [7, 11) is 0. The van der Waals surface area contributed by atoms with E-state index in [0.717, 1.165) is 35.4 Å². The summed E-state index contributed by atoms with van der Waals surface area (Å²) < 4.78 is 49.4. The van der Waals surface area contributed by atoms with Crippen LogP contribution in [0.5, 0.6) is 11.5 Å². The zero-order valence-corrected chi connectivity index (χ0v) is 19.9. The lowest BCUT2D eigenvalue weighted by Crippen LogP contribution is -2.17. The van der Waals surface area contributed by atoms with Gasteiger partial charge in [0.2, 0.25) is 0 Å². The van der Waals surface area contributed by atoms with Crippen molar-refractivity contribution in [1.82, 2.24) is 9.55 Å². The summed E-state index contributed by atoms with van der Waals surface area (Å²) in [5.41, 5.74) is 3.57. The fraction of sp³-hybridized carbons (Fsp3) is 0.385. The number of hydrogen-bond donors (Lipinski definition) is 1. The average Bonchev–Trinajstić information content (AvgIpc) is 3.11. The molecule has 0 bridgehead atoms. The van der Waals surface area contributed by atoms with Crippen molar-refractivity contribution in [3.8, 4) is 22.9 Å². The Hall–Kier alpha value is -3.49. The molecule has 1 aromatic heterocycles. The highest BCUT2D eigenvalue weighted by Crippen LogP contribution is 2.29. The summed E-state index contributed by atoms with van der Waals surface area (Å²) in [5.74, 6) is 0.347. The van der Waals surface area contributed by atoms with Gasteiger partial charge in [0, 0.05) is 29.4 Å². The molecule has 35 heavy (non-hydrogen) atoms. The minimum atomic E-state index is -4.74. The number of aryl methyl sites for hydroxylation is 2. The SMILES string of the molecule is Cc1ccc(OCCCC(C)CC(=O)O)c(Cn2c(C)cnc2-c2ccc(OC(F)(F)F)cc2)c1. The number of carbonyl (C=O) groups is 1. The molecular weight excluding hydrogens is 461 g/mol. The van der Waals surface area contributed by atoms with E-state index in [1.807, 2.05) is 43.5 Å². The molecule has 6 nitrogen and oxygen atoms in total. The Bertz CT molecular complexity index is 1140. The molecule has 0 radical (unpaired) electrons. The predicted octanol–water partition coefficient (Wildman–Crippen LogP) is 6.38. The Kier molecular flexibility index (Phi) is 8.43. The first kappa shape index (κ1) is 26.1. The molecule has 1 heterocycles. The Labute approximate surface area is 202 Å². The highest BCUT2D eigenvalue weighted by atomic mass is 19.4. The topological polar surface area (TPSA) is 73.6 Å². The van der Waals surface area contributed by atoms with E-state index in [-0.39, 0.29) is 18.1 Å². The zero-order chi connectivity index (χ0) is 25.6. The van der Waals surface area contributed by atoms with Crippen LogP contribution in [0.25, 0.3) is 11.4 Å². The van der Waals surface area contributed by atoms with Crippen LogP contribution in [0, 0.1) is 19.8 Å². The number of carboxylic acids is 1. The molecule has 0 saturated carbocycles. The second-order valence-corrected chi connectivity index (χ2v) is 8.69. The van der Waals surface area contributed by atoms with Crippen molar-refractivity contribution in [2.45, 2.75) is 52.9 Å². The standard InChI is InChI=1S/C26H29F3N2O4/c1-17(14-24(32)33)5-4-12-34-23-11-6-18(2)13-21(23)16-31-19(3)15-30-25(31)20-7-9-22(10-8-20)35-26(27,28)29/h6-11,13,15,17H,4-5,12,14,16H2,1-3H3,(H,32,33). The number of aliphatic carboxylic acids is 1. The van der Waals surface area contributed by atoms with Crippen LogP contribution in [-0.2, 0) is 11.3 Å². The summed E-state index contributed by atoms with van der Waals surface area (Å²) in [4.78, 5) is 15.3. The molecule has 0 saturated heterocycles. The van der Waals surface area contributed by atoms with Gasteiger partial charge in [0.1, 0.15) is 17.3 Å². The maximum absolute atomic E-state index is 12.5. The molecule has 3 aromatic rings. The van der Waals surface area contributed by atoms with Crippen molar-refractivity contribution in [3.05, 3.63) is 65.5 Å². The van der Waals surface area contributed by atoms with Crippen molar-refractivity contribution < 1.29 is 32.5 Å². The van der Waals surface area contributed by atoms with Crippen molar-refractivity contribution in [2.24, 2.45) is 5.92 Å². The normalized spacial score (nSPS) is 12.4. The van der Waals surface area contributed by atoms with E-state index in [0.29, 0.717) is 24.5 Å². The van der Waals surface area contributed by atoms with Gasteiger partial charge in [0.25, 0.3) is 0 Å². The first-order valence-corrected chi connectivity index (χ1v) is 11.3. The lowest BCUT2D eigenvalue weighted by molar-refractivity contribution is -0.274. The molecule has 0 amide bonds. The van der Waals surface area contributed by atoms with Crippen molar-refractivity contribution in [3.63, 3.8) is 0 Å². The molecule has 1 unspecified atom stereocenters. The molecule has 0 fully saturated rings. The summed E-state index contributed by atoms with van der Waals surface area (Å²) in [5, 5.41) is 8.90. The number of alkyl halides is 3. The predicted molar refractivity (Wildman–Crippen MR) is 126 cm³/mol. The number of imidazole rings is 1. The molecule has 0 aliphatic heterocycles. The largest absolute Gasteiger partial charge is 0.573 e. The van der Waals surface area contributed by atoms with Gasteiger partial charge in [0.05, 0.1) is 13.2 Å². The van der Waals surface area contributed by atoms with Crippen LogP contribution in [0.3, 0.4) is 0 Å². The zero-order valence-electron chi connectivity index (χ0n) is 19.9. The van der Waals surface area contributed by atoms with Crippen LogP contribution in [-0.4, -0.2) is 33.6 Å². The van der Waals surface area contributed by atoms with E-state index in [2.05, 4.69) is 9.72 Å². The smallest absolute Gasteiger partial charge is 0.493 e. The Morgan fingerprint density at radius 1 is 1.14 bits per heavy atom. The van der Waals surface area contributed by atoms with Gasteiger partial charge in [-0.15, -0.1) is 13.2 Å². The maximum Gasteiger partial charge on any atom is 0.573 e. The fourth-order valence-electron chi connectivity index (χ4n) is 3.85. The van der Waals surface area contributed by atoms with Crippen LogP contribution >= 0.6 is 0 Å². The number of aromatic nitrogens is 2. The molecule has 2 aromatic carbocycles. The second kappa shape index (κ2) is 11.3. The van der Waals surface area contributed by atoms with Gasteiger partial charge in [-0.1, -0.05) is 24.6 Å². The van der Waals surface area contributed by atoms with E-state index in [4.69, 9.17) is 9.84 Å². The van der Waals surface area contributed by atoms with Crippen LogP contribution in [0.4, 0.5) is 13.2 Å². The highest BCUT2D eigenvalue weighted by Gasteiger charge is 2.31. The second-order valence-electron chi connectivity index (χ2n) is 8.69. The van der Waals surface area contributed by atoms with Gasteiger partial charge in [-0.05, 0) is 62.9 Å². The fourth-order valence-corrected chi connectivity index (χ4v) is 3.85. The molecule has 9 heteroatoms. The van der Waals surface area contributed by atoms with E-state index in [1.54, 1.807) is 18.3 Å². The number of rotatable bonds is 11. The molecule has 3 rings (SSSR count).